The molecule has 38 heavy (non-hydrogen) atoms. The Hall–Kier alpha value is -2.59. The fourth-order valence-electron chi connectivity index (χ4n) is 4.59. The number of aromatic nitrogens is 2. The van der Waals surface area contributed by atoms with Crippen LogP contribution in [0.4, 0.5) is 4.79 Å². The maximum atomic E-state index is 12.3. The topological polar surface area (TPSA) is 131 Å². The average Bonchev–Trinajstić information content (AvgIpc) is 3.46. The predicted octanol–water partition coefficient (Wildman–Crippen LogP) is 2.40. The van der Waals surface area contributed by atoms with Crippen molar-refractivity contribution in [2.45, 2.75) is 55.9 Å². The van der Waals surface area contributed by atoms with Crippen LogP contribution in [0.1, 0.15) is 43.5 Å². The predicted molar refractivity (Wildman–Crippen MR) is 148 cm³/mol. The molecule has 2 aliphatic heterocycles. The molecule has 0 aromatic carbocycles. The summed E-state index contributed by atoms with van der Waals surface area (Å²) in [6.45, 7) is 2.36. The van der Waals surface area contributed by atoms with Gasteiger partial charge in [-0.2, -0.15) is 11.8 Å². The summed E-state index contributed by atoms with van der Waals surface area (Å²) in [7, 11) is 0. The molecule has 5 N–H and O–H groups in total. The van der Waals surface area contributed by atoms with Crippen molar-refractivity contribution in [3.05, 3.63) is 66.4 Å². The maximum Gasteiger partial charge on any atom is 1.00 e. The van der Waals surface area contributed by atoms with Gasteiger partial charge < -0.3 is 26.3 Å². The van der Waals surface area contributed by atoms with Gasteiger partial charge in [0.2, 0.25) is 5.91 Å². The van der Waals surface area contributed by atoms with Gasteiger partial charge >= 0.3 is 23.1 Å². The SMILES string of the molecule is O.O=C(CCCC[C@@H]1SC[C@@H]2NC(=O)N[C@@H]21)NCCCN(/C=C\c1ccccn1)CCc1ccccn1.[Cu+]. The molecular formula is C27H38CuN6O3S+. The summed E-state index contributed by atoms with van der Waals surface area (Å²) in [6.07, 6.45) is 12.9. The van der Waals surface area contributed by atoms with Gasteiger partial charge in [0.1, 0.15) is 0 Å². The third-order valence-electron chi connectivity index (χ3n) is 6.55. The summed E-state index contributed by atoms with van der Waals surface area (Å²) in [5.41, 5.74) is 1.99. The van der Waals surface area contributed by atoms with E-state index in [4.69, 9.17) is 0 Å². The fourth-order valence-corrected chi connectivity index (χ4v) is 6.14. The van der Waals surface area contributed by atoms with Crippen molar-refractivity contribution in [1.29, 1.82) is 0 Å². The van der Waals surface area contributed by atoms with Gasteiger partial charge in [-0.25, -0.2) is 4.79 Å². The van der Waals surface area contributed by atoms with Crippen molar-refractivity contribution in [2.75, 3.05) is 25.4 Å². The zero-order chi connectivity index (χ0) is 25.0. The Bertz CT molecular complexity index is 1000. The van der Waals surface area contributed by atoms with Gasteiger partial charge in [0.15, 0.2) is 0 Å². The zero-order valence-electron chi connectivity index (χ0n) is 21.4. The Morgan fingerprint density at radius 2 is 1.89 bits per heavy atom. The monoisotopic (exact) mass is 589 g/mol. The van der Waals surface area contributed by atoms with Crippen LogP contribution in [0.25, 0.3) is 6.08 Å². The van der Waals surface area contributed by atoms with Crippen LogP contribution < -0.4 is 16.0 Å². The maximum absolute atomic E-state index is 12.3. The van der Waals surface area contributed by atoms with E-state index >= 15 is 0 Å². The first kappa shape index (κ1) is 31.6. The number of pyridine rings is 2. The number of amides is 3. The van der Waals surface area contributed by atoms with E-state index in [1.165, 1.54) is 0 Å². The van der Waals surface area contributed by atoms with E-state index in [0.29, 0.717) is 18.2 Å². The van der Waals surface area contributed by atoms with Crippen LogP contribution in [0.15, 0.2) is 55.0 Å². The largest absolute Gasteiger partial charge is 1.00 e. The van der Waals surface area contributed by atoms with Crippen molar-refractivity contribution in [3.63, 3.8) is 0 Å². The number of carbonyl (C=O) groups excluding carboxylic acids is 2. The summed E-state index contributed by atoms with van der Waals surface area (Å²) in [6, 6.07) is 12.3. The van der Waals surface area contributed by atoms with Crippen LogP contribution in [0.2, 0.25) is 0 Å². The Kier molecular flexibility index (Phi) is 14.2. The minimum absolute atomic E-state index is 0. The summed E-state index contributed by atoms with van der Waals surface area (Å²) in [5.74, 6) is 1.09. The molecule has 9 nitrogen and oxygen atoms in total. The second-order valence-electron chi connectivity index (χ2n) is 9.25. The van der Waals surface area contributed by atoms with Crippen LogP contribution in [0.3, 0.4) is 0 Å². The van der Waals surface area contributed by atoms with Gasteiger partial charge in [-0.3, -0.25) is 14.8 Å². The molecule has 4 rings (SSSR count). The van der Waals surface area contributed by atoms with Crippen molar-refractivity contribution in [2.24, 2.45) is 0 Å². The third-order valence-corrected chi connectivity index (χ3v) is 8.06. The first-order valence-electron chi connectivity index (χ1n) is 12.9. The van der Waals surface area contributed by atoms with Crippen LogP contribution in [0, 0.1) is 0 Å². The number of thioether (sulfide) groups is 1. The smallest absolute Gasteiger partial charge is 0.412 e. The van der Waals surface area contributed by atoms with Gasteiger partial charge in [0, 0.05) is 67.8 Å². The molecule has 0 saturated carbocycles. The molecule has 2 fully saturated rings. The molecule has 3 amide bonds. The molecular weight excluding hydrogens is 552 g/mol. The van der Waals surface area contributed by atoms with Crippen LogP contribution in [-0.2, 0) is 28.3 Å². The normalized spacial score (nSPS) is 19.6. The van der Waals surface area contributed by atoms with Crippen molar-refractivity contribution in [1.82, 2.24) is 30.8 Å². The Morgan fingerprint density at radius 1 is 1.08 bits per heavy atom. The Labute approximate surface area is 239 Å². The molecule has 2 aromatic heterocycles. The Balaban J connectivity index is 0.00000253. The molecule has 4 heterocycles. The van der Waals surface area contributed by atoms with E-state index in [1.54, 1.807) is 6.20 Å². The molecule has 2 saturated heterocycles. The average molecular weight is 590 g/mol. The molecule has 0 radical (unpaired) electrons. The summed E-state index contributed by atoms with van der Waals surface area (Å²) < 4.78 is 0. The Morgan fingerprint density at radius 3 is 2.66 bits per heavy atom. The molecule has 2 aromatic rings. The molecule has 0 aliphatic carbocycles. The molecule has 0 unspecified atom stereocenters. The third kappa shape index (κ3) is 10.3. The fraction of sp³-hybridized carbons (Fsp3) is 0.481. The minimum atomic E-state index is -0.0443. The van der Waals surface area contributed by atoms with Gasteiger partial charge in [-0.1, -0.05) is 18.6 Å². The number of hydrogen-bond acceptors (Lipinski definition) is 6. The summed E-state index contributed by atoms with van der Waals surface area (Å²) in [5, 5.41) is 9.53. The van der Waals surface area contributed by atoms with Crippen LogP contribution in [0.5, 0.6) is 0 Å². The standard InChI is InChI=1S/C27H36N6O2S.Cu.H2O/c34-25(11-2-1-10-24-26-23(20-36-24)31-27(35)32-26)30-16-7-17-33(18-12-21-8-3-5-14-28-21)19-13-22-9-4-6-15-29-22;;/h3-6,8-9,12,14-15,18,23-24,26H,1-2,7,10-11,13,16-17,19-20H2,(H,30,34)(H2,31,32,35);;1H2/q;+1;/b18-12-;;/t23-,24-,26-;;/m0../s1. The second kappa shape index (κ2) is 17.1. The van der Waals surface area contributed by atoms with Crippen molar-refractivity contribution < 1.29 is 32.1 Å². The van der Waals surface area contributed by atoms with Gasteiger partial charge in [0.25, 0.3) is 0 Å². The zero-order valence-corrected chi connectivity index (χ0v) is 23.2. The number of hydrogen-bond donors (Lipinski definition) is 3. The number of rotatable bonds is 14. The van der Waals surface area contributed by atoms with Crippen molar-refractivity contribution in [3.8, 4) is 0 Å². The van der Waals surface area contributed by atoms with E-state index < -0.39 is 0 Å². The first-order chi connectivity index (χ1) is 17.7. The molecule has 0 bridgehead atoms. The van der Waals surface area contributed by atoms with E-state index in [0.717, 1.165) is 62.3 Å². The summed E-state index contributed by atoms with van der Waals surface area (Å²) >= 11 is 1.92. The minimum Gasteiger partial charge on any atom is -0.412 e. The van der Waals surface area contributed by atoms with Gasteiger partial charge in [-0.15, -0.1) is 0 Å². The number of fused-ring (bicyclic) bond motifs is 1. The van der Waals surface area contributed by atoms with Crippen LogP contribution >= 0.6 is 11.8 Å². The summed E-state index contributed by atoms with van der Waals surface area (Å²) in [4.78, 5) is 34.8. The van der Waals surface area contributed by atoms with Crippen LogP contribution in [-0.4, -0.2) is 75.0 Å². The molecule has 3 atom stereocenters. The van der Waals surface area contributed by atoms with E-state index in [1.807, 2.05) is 60.4 Å². The molecule has 2 aliphatic rings. The van der Waals surface area contributed by atoms with E-state index in [9.17, 15) is 9.59 Å². The van der Waals surface area contributed by atoms with Gasteiger partial charge in [-0.05, 0) is 49.6 Å². The molecule has 11 heteroatoms. The first-order valence-corrected chi connectivity index (χ1v) is 13.9. The number of nitrogens with one attached hydrogen (secondary N) is 3. The number of carbonyl (C=O) groups is 2. The number of urea groups is 1. The van der Waals surface area contributed by atoms with Crippen molar-refractivity contribution >= 4 is 29.8 Å². The molecule has 210 valence electrons. The quantitative estimate of drug-likeness (QED) is 0.176. The van der Waals surface area contributed by atoms with E-state index in [-0.39, 0.29) is 46.6 Å². The second-order valence-corrected chi connectivity index (χ2v) is 10.5. The van der Waals surface area contributed by atoms with Gasteiger partial charge in [0.05, 0.1) is 17.8 Å². The number of unbranched alkanes of at least 4 members (excludes halogenated alkanes) is 1. The van der Waals surface area contributed by atoms with E-state index in [2.05, 4.69) is 37.0 Å². The molecule has 0 spiro atoms. The number of nitrogens with zero attached hydrogens (tertiary/aromatic N) is 3.